The van der Waals surface area contributed by atoms with Crippen LogP contribution in [0.1, 0.15) is 42.3 Å². The molecule has 3 heteroatoms. The molecule has 26 heavy (non-hydrogen) atoms. The molecule has 3 nitrogen and oxygen atoms in total. The molecule has 0 unspecified atom stereocenters. The smallest absolute Gasteiger partial charge is 0.255 e. The Labute approximate surface area is 154 Å². The summed E-state index contributed by atoms with van der Waals surface area (Å²) in [5.41, 5.74) is 4.47. The number of rotatable bonds is 3. The van der Waals surface area contributed by atoms with E-state index in [4.69, 9.17) is 0 Å². The molecule has 132 valence electrons. The Hall–Kier alpha value is -2.94. The number of amides is 1. The number of benzene rings is 2. The van der Waals surface area contributed by atoms with Crippen molar-refractivity contribution in [1.29, 1.82) is 0 Å². The lowest BCUT2D eigenvalue weighted by Crippen LogP contribution is -2.13. The van der Waals surface area contributed by atoms with E-state index < -0.39 is 0 Å². The molecule has 0 saturated heterocycles. The van der Waals surface area contributed by atoms with Gasteiger partial charge in [0.2, 0.25) is 0 Å². The highest BCUT2D eigenvalue weighted by molar-refractivity contribution is 6.06. The van der Waals surface area contributed by atoms with E-state index in [1.54, 1.807) is 6.20 Å². The van der Waals surface area contributed by atoms with E-state index in [0.29, 0.717) is 11.3 Å². The Morgan fingerprint density at radius 3 is 2.58 bits per heavy atom. The molecular formula is C23H24N2O. The number of anilines is 1. The minimum absolute atomic E-state index is 0.120. The lowest BCUT2D eigenvalue weighted by atomic mass is 9.94. The van der Waals surface area contributed by atoms with Crippen molar-refractivity contribution in [3.8, 4) is 0 Å². The fourth-order valence-corrected chi connectivity index (χ4v) is 2.73. The topological polar surface area (TPSA) is 42.0 Å². The Kier molecular flexibility index (Phi) is 4.90. The molecule has 3 rings (SSSR count). The van der Waals surface area contributed by atoms with Gasteiger partial charge in [0.1, 0.15) is 0 Å². The van der Waals surface area contributed by atoms with Crippen LogP contribution in [0.4, 0.5) is 5.69 Å². The van der Waals surface area contributed by atoms with Crippen molar-refractivity contribution in [2.75, 3.05) is 5.32 Å². The van der Waals surface area contributed by atoms with E-state index in [2.05, 4.69) is 43.2 Å². The zero-order valence-corrected chi connectivity index (χ0v) is 15.7. The van der Waals surface area contributed by atoms with Gasteiger partial charge >= 0.3 is 0 Å². The normalized spacial score (nSPS) is 11.8. The summed E-state index contributed by atoms with van der Waals surface area (Å²) >= 11 is 0. The number of nitrogens with one attached hydrogen (secondary N) is 1. The predicted octanol–water partition coefficient (Wildman–Crippen LogP) is 5.85. The zero-order chi connectivity index (χ0) is 18.7. The molecule has 0 saturated carbocycles. The van der Waals surface area contributed by atoms with Crippen LogP contribution in [0.3, 0.4) is 0 Å². The fraction of sp³-hybridized carbons (Fsp3) is 0.217. The van der Waals surface area contributed by atoms with E-state index >= 15 is 0 Å². The largest absolute Gasteiger partial charge is 0.321 e. The summed E-state index contributed by atoms with van der Waals surface area (Å²) in [6, 6.07) is 15.7. The van der Waals surface area contributed by atoms with Gasteiger partial charge in [-0.15, -0.1) is 0 Å². The van der Waals surface area contributed by atoms with Crippen LogP contribution < -0.4 is 5.32 Å². The highest BCUT2D eigenvalue weighted by atomic mass is 16.1. The molecule has 0 aliphatic rings. The highest BCUT2D eigenvalue weighted by Gasteiger charge is 2.11. The molecule has 2 aromatic carbocycles. The summed E-state index contributed by atoms with van der Waals surface area (Å²) < 4.78 is 0. The third-order valence-electron chi connectivity index (χ3n) is 4.12. The molecular weight excluding hydrogens is 320 g/mol. The van der Waals surface area contributed by atoms with Gasteiger partial charge in [-0.2, -0.15) is 0 Å². The number of hydrogen-bond donors (Lipinski definition) is 1. The highest BCUT2D eigenvalue weighted by Crippen LogP contribution is 2.20. The second kappa shape index (κ2) is 7.12. The van der Waals surface area contributed by atoms with Crippen LogP contribution in [0.5, 0.6) is 0 Å². The molecule has 0 spiro atoms. The van der Waals surface area contributed by atoms with Crippen molar-refractivity contribution >= 4 is 28.6 Å². The SMILES string of the molecule is Cc1cc(C=CC(C)(C)C)ccc1C(=O)Nc1cnc2ccccc2c1. The average Bonchev–Trinajstić information content (AvgIpc) is 2.59. The lowest BCUT2D eigenvalue weighted by molar-refractivity contribution is 0.102. The van der Waals surface area contributed by atoms with Gasteiger partial charge < -0.3 is 5.32 Å². The van der Waals surface area contributed by atoms with Crippen LogP contribution in [0.25, 0.3) is 17.0 Å². The number of aromatic nitrogens is 1. The predicted molar refractivity (Wildman–Crippen MR) is 109 cm³/mol. The Bertz CT molecular complexity index is 981. The van der Waals surface area contributed by atoms with Gasteiger partial charge in [0, 0.05) is 10.9 Å². The van der Waals surface area contributed by atoms with Gasteiger partial charge in [-0.25, -0.2) is 0 Å². The van der Waals surface area contributed by atoms with Crippen molar-refractivity contribution in [2.45, 2.75) is 27.7 Å². The molecule has 1 amide bonds. The maximum Gasteiger partial charge on any atom is 0.255 e. The lowest BCUT2D eigenvalue weighted by Gasteiger charge is -2.12. The van der Waals surface area contributed by atoms with Crippen LogP contribution in [-0.4, -0.2) is 10.9 Å². The molecule has 1 N–H and O–H groups in total. The number of pyridine rings is 1. The van der Waals surface area contributed by atoms with Gasteiger partial charge in [0.05, 0.1) is 17.4 Å². The molecule has 0 fully saturated rings. The number of aryl methyl sites for hydroxylation is 1. The molecule has 1 heterocycles. The Morgan fingerprint density at radius 2 is 1.85 bits per heavy atom. The number of allylic oxidation sites excluding steroid dienone is 1. The number of carbonyl (C=O) groups is 1. The molecule has 3 aromatic rings. The minimum atomic E-state index is -0.120. The monoisotopic (exact) mass is 344 g/mol. The first kappa shape index (κ1) is 17.9. The maximum atomic E-state index is 12.6. The minimum Gasteiger partial charge on any atom is -0.321 e. The summed E-state index contributed by atoms with van der Waals surface area (Å²) in [6.07, 6.45) is 5.96. The average molecular weight is 344 g/mol. The molecule has 0 atom stereocenters. The Morgan fingerprint density at radius 1 is 1.08 bits per heavy atom. The quantitative estimate of drug-likeness (QED) is 0.647. The van der Waals surface area contributed by atoms with Crippen LogP contribution in [0.15, 0.2) is 60.8 Å². The van der Waals surface area contributed by atoms with Crippen molar-refractivity contribution in [3.63, 3.8) is 0 Å². The maximum absolute atomic E-state index is 12.6. The first-order valence-corrected chi connectivity index (χ1v) is 8.78. The van der Waals surface area contributed by atoms with Gasteiger partial charge in [-0.3, -0.25) is 9.78 Å². The van der Waals surface area contributed by atoms with Crippen molar-refractivity contribution in [3.05, 3.63) is 77.5 Å². The van der Waals surface area contributed by atoms with Crippen molar-refractivity contribution in [1.82, 2.24) is 4.98 Å². The molecule has 1 aromatic heterocycles. The van der Waals surface area contributed by atoms with Gasteiger partial charge in [0.15, 0.2) is 0 Å². The number of hydrogen-bond acceptors (Lipinski definition) is 2. The number of nitrogens with zero attached hydrogens (tertiary/aromatic N) is 1. The van der Waals surface area contributed by atoms with E-state index in [1.165, 1.54) is 0 Å². The van der Waals surface area contributed by atoms with Crippen LogP contribution in [0.2, 0.25) is 0 Å². The van der Waals surface area contributed by atoms with Crippen molar-refractivity contribution in [2.24, 2.45) is 5.41 Å². The summed E-state index contributed by atoms with van der Waals surface area (Å²) in [7, 11) is 0. The van der Waals surface area contributed by atoms with E-state index in [9.17, 15) is 4.79 Å². The first-order chi connectivity index (χ1) is 12.3. The molecule has 0 aliphatic carbocycles. The second-order valence-electron chi connectivity index (χ2n) is 7.64. The number of para-hydroxylation sites is 1. The zero-order valence-electron chi connectivity index (χ0n) is 15.7. The third kappa shape index (κ3) is 4.37. The second-order valence-corrected chi connectivity index (χ2v) is 7.64. The van der Waals surface area contributed by atoms with E-state index in [-0.39, 0.29) is 11.3 Å². The van der Waals surface area contributed by atoms with Crippen molar-refractivity contribution < 1.29 is 4.79 Å². The standard InChI is InChI=1S/C23H24N2O/c1-16-13-17(11-12-23(2,3)4)9-10-20(16)22(26)25-19-14-18-7-5-6-8-21(18)24-15-19/h5-15H,1-4H3,(H,25,26). The van der Waals surface area contributed by atoms with Gasteiger partial charge in [-0.1, -0.05) is 63.3 Å². The summed E-state index contributed by atoms with van der Waals surface area (Å²) in [5.74, 6) is -0.120. The fourth-order valence-electron chi connectivity index (χ4n) is 2.73. The number of fused-ring (bicyclic) bond motifs is 1. The number of carbonyl (C=O) groups excluding carboxylic acids is 1. The summed E-state index contributed by atoms with van der Waals surface area (Å²) in [6.45, 7) is 8.45. The summed E-state index contributed by atoms with van der Waals surface area (Å²) in [4.78, 5) is 17.0. The third-order valence-corrected chi connectivity index (χ3v) is 4.12. The summed E-state index contributed by atoms with van der Waals surface area (Å²) in [5, 5.41) is 3.95. The molecule has 0 aliphatic heterocycles. The van der Waals surface area contributed by atoms with E-state index in [1.807, 2.05) is 55.5 Å². The first-order valence-electron chi connectivity index (χ1n) is 8.78. The van der Waals surface area contributed by atoms with Crippen LogP contribution >= 0.6 is 0 Å². The Balaban J connectivity index is 1.79. The van der Waals surface area contributed by atoms with Gasteiger partial charge in [0.25, 0.3) is 5.91 Å². The van der Waals surface area contributed by atoms with E-state index in [0.717, 1.165) is 22.0 Å². The van der Waals surface area contributed by atoms with Crippen LogP contribution in [-0.2, 0) is 0 Å². The van der Waals surface area contributed by atoms with Crippen LogP contribution in [0, 0.1) is 12.3 Å². The molecule has 0 bridgehead atoms. The molecule has 0 radical (unpaired) electrons. The van der Waals surface area contributed by atoms with Gasteiger partial charge in [-0.05, 0) is 41.7 Å².